The summed E-state index contributed by atoms with van der Waals surface area (Å²) < 4.78 is 0. The first kappa shape index (κ1) is 28.5. The Labute approximate surface area is 186 Å². The fourth-order valence-electron chi connectivity index (χ4n) is 4.13. The summed E-state index contributed by atoms with van der Waals surface area (Å²) in [5, 5.41) is 0. The van der Waals surface area contributed by atoms with Gasteiger partial charge < -0.3 is 0 Å². The van der Waals surface area contributed by atoms with E-state index in [0.717, 1.165) is 0 Å². The minimum Gasteiger partial charge on any atom is -0.103 e. The summed E-state index contributed by atoms with van der Waals surface area (Å²) in [5.74, 6) is 0. The van der Waals surface area contributed by atoms with Crippen LogP contribution in [0.4, 0.5) is 0 Å². The molecule has 0 saturated heterocycles. The lowest BCUT2D eigenvalue weighted by molar-refractivity contribution is 0.531. The van der Waals surface area contributed by atoms with Crippen LogP contribution in [0.5, 0.6) is 0 Å². The SMILES string of the molecule is C=CCCCCCCCCCCCCCCCCC/C=C\CCCCCCCC. The molecule has 0 heteroatoms. The van der Waals surface area contributed by atoms with E-state index in [4.69, 9.17) is 0 Å². The number of allylic oxidation sites excluding steroid dienone is 3. The molecule has 0 aliphatic heterocycles. The van der Waals surface area contributed by atoms with Crippen LogP contribution in [0.1, 0.15) is 161 Å². The van der Waals surface area contributed by atoms with Gasteiger partial charge in [0.1, 0.15) is 0 Å². The van der Waals surface area contributed by atoms with E-state index < -0.39 is 0 Å². The predicted molar refractivity (Wildman–Crippen MR) is 136 cm³/mol. The molecule has 0 aromatic carbocycles. The molecule has 0 unspecified atom stereocenters. The van der Waals surface area contributed by atoms with Crippen LogP contribution in [-0.2, 0) is 0 Å². The van der Waals surface area contributed by atoms with E-state index in [1.165, 1.54) is 154 Å². The summed E-state index contributed by atoms with van der Waals surface area (Å²) in [6.45, 7) is 6.08. The van der Waals surface area contributed by atoms with Gasteiger partial charge in [0.2, 0.25) is 0 Å². The zero-order valence-corrected chi connectivity index (χ0v) is 20.4. The van der Waals surface area contributed by atoms with E-state index in [1.54, 1.807) is 0 Å². The van der Waals surface area contributed by atoms with Gasteiger partial charge in [0.15, 0.2) is 0 Å². The number of rotatable bonds is 25. The Morgan fingerprint density at radius 1 is 0.379 bits per heavy atom. The van der Waals surface area contributed by atoms with Crippen molar-refractivity contribution >= 4 is 0 Å². The Morgan fingerprint density at radius 2 is 0.655 bits per heavy atom. The molecule has 0 amide bonds. The Balaban J connectivity index is 3.04. The maximum atomic E-state index is 3.79. The molecule has 0 rings (SSSR count). The maximum absolute atomic E-state index is 3.79. The fourth-order valence-corrected chi connectivity index (χ4v) is 4.13. The average molecular weight is 405 g/mol. The van der Waals surface area contributed by atoms with Crippen LogP contribution in [0, 0.1) is 0 Å². The van der Waals surface area contributed by atoms with Crippen LogP contribution >= 0.6 is 0 Å². The van der Waals surface area contributed by atoms with Gasteiger partial charge >= 0.3 is 0 Å². The van der Waals surface area contributed by atoms with E-state index in [1.807, 2.05) is 0 Å². The predicted octanol–water partition coefficient (Wildman–Crippen LogP) is 11.1. The van der Waals surface area contributed by atoms with Crippen molar-refractivity contribution in [3.63, 3.8) is 0 Å². The molecule has 0 nitrogen and oxygen atoms in total. The minimum atomic E-state index is 1.20. The second-order valence-electron chi connectivity index (χ2n) is 9.20. The van der Waals surface area contributed by atoms with Crippen LogP contribution in [0.15, 0.2) is 24.8 Å². The first-order valence-electron chi connectivity index (χ1n) is 13.7. The van der Waals surface area contributed by atoms with Gasteiger partial charge in [-0.05, 0) is 38.5 Å². The molecule has 0 aliphatic carbocycles. The Kier molecular flexibility index (Phi) is 27.0. The zero-order chi connectivity index (χ0) is 21.1. The van der Waals surface area contributed by atoms with Crippen molar-refractivity contribution < 1.29 is 0 Å². The maximum Gasteiger partial charge on any atom is -0.0351 e. The Bertz CT molecular complexity index is 314. The normalized spacial score (nSPS) is 11.5. The highest BCUT2D eigenvalue weighted by molar-refractivity contribution is 4.81. The third-order valence-corrected chi connectivity index (χ3v) is 6.17. The highest BCUT2D eigenvalue weighted by atomic mass is 14.0. The molecular weight excluding hydrogens is 348 g/mol. The van der Waals surface area contributed by atoms with Gasteiger partial charge in [-0.25, -0.2) is 0 Å². The second-order valence-corrected chi connectivity index (χ2v) is 9.20. The van der Waals surface area contributed by atoms with Crippen molar-refractivity contribution in [1.82, 2.24) is 0 Å². The standard InChI is InChI=1S/C29H56/c1-3-5-7-9-11-13-15-17-19-21-23-25-27-29-28-26-24-22-20-18-16-14-12-10-8-6-4-2/h3,18,20H,1,4-17,19,21-29H2,2H3/b20-18-. The van der Waals surface area contributed by atoms with Crippen molar-refractivity contribution in [1.29, 1.82) is 0 Å². The largest absolute Gasteiger partial charge is 0.103 e. The molecule has 0 aromatic heterocycles. The molecule has 0 N–H and O–H groups in total. The molecule has 0 aliphatic rings. The molecule has 0 saturated carbocycles. The van der Waals surface area contributed by atoms with Gasteiger partial charge in [-0.1, -0.05) is 141 Å². The van der Waals surface area contributed by atoms with Gasteiger partial charge in [-0.15, -0.1) is 6.58 Å². The molecule has 0 radical (unpaired) electrons. The van der Waals surface area contributed by atoms with Crippen molar-refractivity contribution in [2.45, 2.75) is 161 Å². The van der Waals surface area contributed by atoms with E-state index in [-0.39, 0.29) is 0 Å². The highest BCUT2D eigenvalue weighted by Crippen LogP contribution is 2.14. The molecule has 0 atom stereocenters. The monoisotopic (exact) mass is 404 g/mol. The smallest absolute Gasteiger partial charge is 0.0351 e. The number of hydrogen-bond acceptors (Lipinski definition) is 0. The van der Waals surface area contributed by atoms with E-state index in [9.17, 15) is 0 Å². The van der Waals surface area contributed by atoms with E-state index in [0.29, 0.717) is 0 Å². The molecule has 29 heavy (non-hydrogen) atoms. The summed E-state index contributed by atoms with van der Waals surface area (Å²) in [5.41, 5.74) is 0. The van der Waals surface area contributed by atoms with Crippen LogP contribution in [-0.4, -0.2) is 0 Å². The quantitative estimate of drug-likeness (QED) is 0.105. The lowest BCUT2D eigenvalue weighted by atomic mass is 10.0. The fraction of sp³-hybridized carbons (Fsp3) is 0.862. The van der Waals surface area contributed by atoms with Crippen LogP contribution in [0.3, 0.4) is 0 Å². The lowest BCUT2D eigenvalue weighted by Crippen LogP contribution is -1.83. The summed E-state index contributed by atoms with van der Waals surface area (Å²) in [4.78, 5) is 0. The van der Waals surface area contributed by atoms with Gasteiger partial charge in [0.25, 0.3) is 0 Å². The summed E-state index contributed by atoms with van der Waals surface area (Å²) in [6.07, 6.45) is 40.9. The van der Waals surface area contributed by atoms with Crippen molar-refractivity contribution in [2.75, 3.05) is 0 Å². The van der Waals surface area contributed by atoms with Crippen molar-refractivity contribution in [2.24, 2.45) is 0 Å². The Morgan fingerprint density at radius 3 is 0.966 bits per heavy atom. The van der Waals surface area contributed by atoms with E-state index >= 15 is 0 Å². The third-order valence-electron chi connectivity index (χ3n) is 6.17. The van der Waals surface area contributed by atoms with Gasteiger partial charge in [0, 0.05) is 0 Å². The topological polar surface area (TPSA) is 0 Å². The lowest BCUT2D eigenvalue weighted by Gasteiger charge is -2.03. The van der Waals surface area contributed by atoms with Crippen LogP contribution < -0.4 is 0 Å². The van der Waals surface area contributed by atoms with Gasteiger partial charge in [-0.3, -0.25) is 0 Å². The molecular formula is C29H56. The molecule has 0 aromatic rings. The minimum absolute atomic E-state index is 1.20. The van der Waals surface area contributed by atoms with Crippen molar-refractivity contribution in [3.8, 4) is 0 Å². The average Bonchev–Trinajstić information content (AvgIpc) is 2.74. The highest BCUT2D eigenvalue weighted by Gasteiger charge is 1.94. The zero-order valence-electron chi connectivity index (χ0n) is 20.4. The molecule has 0 fully saturated rings. The summed E-state index contributed by atoms with van der Waals surface area (Å²) in [6, 6.07) is 0. The first-order valence-corrected chi connectivity index (χ1v) is 13.7. The van der Waals surface area contributed by atoms with Crippen molar-refractivity contribution in [3.05, 3.63) is 24.8 Å². The number of hydrogen-bond donors (Lipinski definition) is 0. The molecule has 172 valence electrons. The van der Waals surface area contributed by atoms with E-state index in [2.05, 4.69) is 31.7 Å². The Hall–Kier alpha value is -0.520. The number of unbranched alkanes of at least 4 members (excludes halogenated alkanes) is 22. The molecule has 0 spiro atoms. The second kappa shape index (κ2) is 27.5. The summed E-state index contributed by atoms with van der Waals surface area (Å²) >= 11 is 0. The molecule has 0 bridgehead atoms. The van der Waals surface area contributed by atoms with Crippen LogP contribution in [0.2, 0.25) is 0 Å². The third kappa shape index (κ3) is 27.5. The first-order chi connectivity index (χ1) is 14.4. The van der Waals surface area contributed by atoms with Gasteiger partial charge in [0.05, 0.1) is 0 Å². The molecule has 0 heterocycles. The van der Waals surface area contributed by atoms with Gasteiger partial charge in [-0.2, -0.15) is 0 Å². The van der Waals surface area contributed by atoms with Crippen LogP contribution in [0.25, 0.3) is 0 Å². The summed E-state index contributed by atoms with van der Waals surface area (Å²) in [7, 11) is 0.